The molecule has 1 aromatic carbocycles. The lowest BCUT2D eigenvalue weighted by atomic mass is 10.2. The summed E-state index contributed by atoms with van der Waals surface area (Å²) in [5.74, 6) is 1.05. The summed E-state index contributed by atoms with van der Waals surface area (Å²) in [5, 5.41) is 0. The van der Waals surface area contributed by atoms with Gasteiger partial charge in [-0.2, -0.15) is 4.31 Å². The first-order valence-corrected chi connectivity index (χ1v) is 9.22. The zero-order chi connectivity index (χ0) is 15.0. The predicted octanol–water partition coefficient (Wildman–Crippen LogP) is 2.13. The van der Waals surface area contributed by atoms with E-state index in [1.165, 1.54) is 0 Å². The Balaban J connectivity index is 1.93. The molecule has 2 N–H and O–H groups in total. The number of thiocarbonyl (C=S) groups is 1. The van der Waals surface area contributed by atoms with E-state index < -0.39 is 10.0 Å². The van der Waals surface area contributed by atoms with Crippen molar-refractivity contribution in [2.45, 2.75) is 30.6 Å². The van der Waals surface area contributed by atoms with Crippen molar-refractivity contribution < 1.29 is 8.42 Å². The minimum atomic E-state index is -3.52. The van der Waals surface area contributed by atoms with E-state index in [4.69, 9.17) is 18.0 Å². The lowest BCUT2D eigenvalue weighted by molar-refractivity contribution is 0.382. The summed E-state index contributed by atoms with van der Waals surface area (Å²) in [6.45, 7) is 1.26. The standard InChI is InChI=1S/C15H20N2O2S2/c16-15(20)13-3-1-2-4-14(13)21(18,19)17(9-11-5-6-11)10-12-7-8-12/h1-4,11-12H,5-10H2,(H2,16,20). The number of sulfonamides is 1. The second kappa shape index (κ2) is 5.66. The number of hydrogen-bond donors (Lipinski definition) is 1. The summed E-state index contributed by atoms with van der Waals surface area (Å²) in [7, 11) is -3.52. The highest BCUT2D eigenvalue weighted by atomic mass is 32.2. The van der Waals surface area contributed by atoms with E-state index in [0.717, 1.165) is 25.7 Å². The van der Waals surface area contributed by atoms with Gasteiger partial charge in [0.25, 0.3) is 0 Å². The van der Waals surface area contributed by atoms with Crippen LogP contribution in [0.1, 0.15) is 31.2 Å². The van der Waals surface area contributed by atoms with Gasteiger partial charge in [0.05, 0.1) is 4.90 Å². The average molecular weight is 324 g/mol. The summed E-state index contributed by atoms with van der Waals surface area (Å²) in [5.41, 5.74) is 6.14. The molecule has 2 fully saturated rings. The van der Waals surface area contributed by atoms with Crippen LogP contribution in [0.3, 0.4) is 0 Å². The maximum atomic E-state index is 13.0. The molecule has 6 heteroatoms. The Morgan fingerprint density at radius 2 is 1.67 bits per heavy atom. The minimum absolute atomic E-state index is 0.131. The Hall–Kier alpha value is -0.980. The van der Waals surface area contributed by atoms with Crippen molar-refractivity contribution in [3.63, 3.8) is 0 Å². The first kappa shape index (κ1) is 14.9. The highest BCUT2D eigenvalue weighted by Crippen LogP contribution is 2.36. The van der Waals surface area contributed by atoms with E-state index >= 15 is 0 Å². The fourth-order valence-corrected chi connectivity index (χ4v) is 4.52. The Labute approximate surface area is 131 Å². The Bertz CT molecular complexity index is 635. The third kappa shape index (κ3) is 3.44. The molecule has 21 heavy (non-hydrogen) atoms. The van der Waals surface area contributed by atoms with Gasteiger partial charge in [0.15, 0.2) is 0 Å². The van der Waals surface area contributed by atoms with Crippen LogP contribution >= 0.6 is 12.2 Å². The van der Waals surface area contributed by atoms with Crippen LogP contribution in [0.4, 0.5) is 0 Å². The van der Waals surface area contributed by atoms with Crippen LogP contribution in [0.15, 0.2) is 29.2 Å². The quantitative estimate of drug-likeness (QED) is 0.781. The number of rotatable bonds is 7. The largest absolute Gasteiger partial charge is 0.389 e. The van der Waals surface area contributed by atoms with E-state index in [1.807, 2.05) is 0 Å². The molecule has 0 atom stereocenters. The molecule has 2 aliphatic rings. The maximum absolute atomic E-state index is 13.0. The molecule has 0 heterocycles. The molecule has 1 aromatic rings. The van der Waals surface area contributed by atoms with E-state index in [2.05, 4.69) is 0 Å². The van der Waals surface area contributed by atoms with Gasteiger partial charge in [-0.15, -0.1) is 0 Å². The molecular formula is C15H20N2O2S2. The van der Waals surface area contributed by atoms with E-state index in [-0.39, 0.29) is 9.88 Å². The molecule has 2 aliphatic carbocycles. The zero-order valence-electron chi connectivity index (χ0n) is 11.9. The fraction of sp³-hybridized carbons (Fsp3) is 0.533. The monoisotopic (exact) mass is 324 g/mol. The topological polar surface area (TPSA) is 63.4 Å². The Morgan fingerprint density at radius 1 is 1.14 bits per heavy atom. The van der Waals surface area contributed by atoms with Crippen molar-refractivity contribution in [3.8, 4) is 0 Å². The molecule has 0 amide bonds. The van der Waals surface area contributed by atoms with Crippen molar-refractivity contribution in [2.24, 2.45) is 17.6 Å². The lowest BCUT2D eigenvalue weighted by Crippen LogP contribution is -2.35. The molecule has 114 valence electrons. The van der Waals surface area contributed by atoms with Gasteiger partial charge in [-0.25, -0.2) is 8.42 Å². The molecule has 0 radical (unpaired) electrons. The number of nitrogens with zero attached hydrogens (tertiary/aromatic N) is 1. The van der Waals surface area contributed by atoms with Crippen molar-refractivity contribution in [1.29, 1.82) is 0 Å². The molecule has 0 aromatic heterocycles. The van der Waals surface area contributed by atoms with Crippen LogP contribution in [0.2, 0.25) is 0 Å². The van der Waals surface area contributed by atoms with Gasteiger partial charge >= 0.3 is 0 Å². The second-order valence-electron chi connectivity index (χ2n) is 6.07. The van der Waals surface area contributed by atoms with Gasteiger partial charge in [-0.3, -0.25) is 0 Å². The predicted molar refractivity (Wildman–Crippen MR) is 86.5 cm³/mol. The van der Waals surface area contributed by atoms with E-state index in [1.54, 1.807) is 28.6 Å². The Morgan fingerprint density at radius 3 is 2.14 bits per heavy atom. The van der Waals surface area contributed by atoms with Gasteiger partial charge in [0.2, 0.25) is 10.0 Å². The Kier molecular flexibility index (Phi) is 4.03. The van der Waals surface area contributed by atoms with Crippen LogP contribution < -0.4 is 5.73 Å². The first-order chi connectivity index (χ1) is 9.98. The fourth-order valence-electron chi connectivity index (χ4n) is 2.48. The van der Waals surface area contributed by atoms with Crippen LogP contribution in [0, 0.1) is 11.8 Å². The van der Waals surface area contributed by atoms with Crippen LogP contribution in [-0.4, -0.2) is 30.8 Å². The normalized spacial score (nSPS) is 18.9. The highest BCUT2D eigenvalue weighted by Gasteiger charge is 2.36. The first-order valence-electron chi connectivity index (χ1n) is 7.37. The molecule has 2 saturated carbocycles. The molecule has 4 nitrogen and oxygen atoms in total. The van der Waals surface area contributed by atoms with Crippen LogP contribution in [0.5, 0.6) is 0 Å². The van der Waals surface area contributed by atoms with Crippen molar-refractivity contribution in [2.75, 3.05) is 13.1 Å². The highest BCUT2D eigenvalue weighted by molar-refractivity contribution is 7.89. The summed E-state index contributed by atoms with van der Waals surface area (Å²) in [6.07, 6.45) is 4.53. The number of benzene rings is 1. The van der Waals surface area contributed by atoms with E-state index in [9.17, 15) is 8.42 Å². The molecule has 0 bridgehead atoms. The molecular weight excluding hydrogens is 304 g/mol. The number of hydrogen-bond acceptors (Lipinski definition) is 3. The summed E-state index contributed by atoms with van der Waals surface area (Å²) in [6, 6.07) is 6.78. The van der Waals surface area contributed by atoms with Crippen LogP contribution in [0.25, 0.3) is 0 Å². The van der Waals surface area contributed by atoms with Gasteiger partial charge < -0.3 is 5.73 Å². The molecule has 0 spiro atoms. The lowest BCUT2D eigenvalue weighted by Gasteiger charge is -2.23. The van der Waals surface area contributed by atoms with Gasteiger partial charge in [-0.1, -0.05) is 30.4 Å². The van der Waals surface area contributed by atoms with Crippen molar-refractivity contribution >= 4 is 27.2 Å². The smallest absolute Gasteiger partial charge is 0.243 e. The van der Waals surface area contributed by atoms with Gasteiger partial charge in [-0.05, 0) is 43.6 Å². The number of nitrogens with two attached hydrogens (primary N) is 1. The summed E-state index contributed by atoms with van der Waals surface area (Å²) >= 11 is 5.00. The average Bonchev–Trinajstić information content (AvgIpc) is 3.33. The molecule has 0 saturated heterocycles. The maximum Gasteiger partial charge on any atom is 0.243 e. The van der Waals surface area contributed by atoms with Gasteiger partial charge in [0.1, 0.15) is 4.99 Å². The minimum Gasteiger partial charge on any atom is -0.389 e. The van der Waals surface area contributed by atoms with Crippen LogP contribution in [-0.2, 0) is 10.0 Å². The molecule has 0 aliphatic heterocycles. The SMILES string of the molecule is NC(=S)c1ccccc1S(=O)(=O)N(CC1CC1)CC1CC1. The second-order valence-corrected chi connectivity index (χ2v) is 8.42. The zero-order valence-corrected chi connectivity index (χ0v) is 13.5. The molecule has 0 unspecified atom stereocenters. The third-order valence-corrected chi connectivity index (χ3v) is 6.20. The third-order valence-electron chi connectivity index (χ3n) is 4.09. The van der Waals surface area contributed by atoms with Crippen molar-refractivity contribution in [3.05, 3.63) is 29.8 Å². The summed E-state index contributed by atoms with van der Waals surface area (Å²) in [4.78, 5) is 0.380. The van der Waals surface area contributed by atoms with Gasteiger partial charge in [0, 0.05) is 18.7 Å². The van der Waals surface area contributed by atoms with Crippen molar-refractivity contribution in [1.82, 2.24) is 4.31 Å². The van der Waals surface area contributed by atoms with E-state index in [0.29, 0.717) is 30.5 Å². The summed E-state index contributed by atoms with van der Waals surface area (Å²) < 4.78 is 27.6. The molecule has 3 rings (SSSR count).